The first kappa shape index (κ1) is 21.6. The van der Waals surface area contributed by atoms with Crippen molar-refractivity contribution in [2.75, 3.05) is 13.1 Å². The van der Waals surface area contributed by atoms with Crippen molar-refractivity contribution in [2.24, 2.45) is 11.7 Å². The van der Waals surface area contributed by atoms with E-state index in [9.17, 15) is 13.2 Å². The van der Waals surface area contributed by atoms with Gasteiger partial charge in [-0.3, -0.25) is 4.79 Å². The number of sulfonamides is 1. The molecule has 1 aliphatic rings. The molecular formula is C19H26ClN3O3S. The fourth-order valence-electron chi connectivity index (χ4n) is 3.14. The molecule has 3 rings (SSSR count). The summed E-state index contributed by atoms with van der Waals surface area (Å²) < 4.78 is 27.4. The van der Waals surface area contributed by atoms with Crippen molar-refractivity contribution in [3.05, 3.63) is 42.5 Å². The van der Waals surface area contributed by atoms with E-state index in [4.69, 9.17) is 5.73 Å². The fraction of sp³-hybridized carbons (Fsp3) is 0.421. The van der Waals surface area contributed by atoms with E-state index in [1.165, 1.54) is 0 Å². The number of carbonyl (C=O) groups excluding carboxylic acids is 1. The molecule has 2 aromatic carbocycles. The lowest BCUT2D eigenvalue weighted by Crippen LogP contribution is -2.53. The van der Waals surface area contributed by atoms with Gasteiger partial charge < -0.3 is 11.1 Å². The third-order valence-electron chi connectivity index (χ3n) is 5.00. The molecule has 4 N–H and O–H groups in total. The molecule has 1 aliphatic carbocycles. The lowest BCUT2D eigenvalue weighted by molar-refractivity contribution is -0.122. The molecular weight excluding hydrogens is 386 g/mol. The van der Waals surface area contributed by atoms with Gasteiger partial charge in [-0.1, -0.05) is 30.3 Å². The summed E-state index contributed by atoms with van der Waals surface area (Å²) in [5, 5.41) is 4.79. The Kier molecular flexibility index (Phi) is 6.86. The van der Waals surface area contributed by atoms with Gasteiger partial charge in [0.05, 0.1) is 10.4 Å². The molecule has 0 bridgehead atoms. The largest absolute Gasteiger partial charge is 0.349 e. The van der Waals surface area contributed by atoms with Crippen LogP contribution < -0.4 is 15.8 Å². The molecule has 0 saturated heterocycles. The SMILES string of the molecule is CC(CN)(NC(=O)CCNS(=O)(=O)c1ccc2ccccc2c1)C1CC1.Cl. The second-order valence-electron chi connectivity index (χ2n) is 7.10. The highest BCUT2D eigenvalue weighted by Crippen LogP contribution is 2.38. The van der Waals surface area contributed by atoms with Gasteiger partial charge in [-0.05, 0) is 48.6 Å². The molecule has 0 aliphatic heterocycles. The van der Waals surface area contributed by atoms with Crippen molar-refractivity contribution in [1.29, 1.82) is 0 Å². The molecule has 1 atom stereocenters. The van der Waals surface area contributed by atoms with Crippen molar-refractivity contribution in [3.63, 3.8) is 0 Å². The minimum atomic E-state index is -3.66. The molecule has 0 aromatic heterocycles. The highest BCUT2D eigenvalue weighted by molar-refractivity contribution is 7.89. The van der Waals surface area contributed by atoms with Gasteiger partial charge in [-0.2, -0.15) is 0 Å². The summed E-state index contributed by atoms with van der Waals surface area (Å²) in [6.07, 6.45) is 2.22. The Labute approximate surface area is 166 Å². The molecule has 1 saturated carbocycles. The van der Waals surface area contributed by atoms with Gasteiger partial charge in [0.15, 0.2) is 0 Å². The van der Waals surface area contributed by atoms with Crippen LogP contribution in [-0.2, 0) is 14.8 Å². The molecule has 27 heavy (non-hydrogen) atoms. The standard InChI is InChI=1S/C19H25N3O3S.ClH/c1-19(13-20,16-7-8-16)22-18(23)10-11-21-26(24,25)17-9-6-14-4-2-3-5-15(14)12-17;/h2-6,9,12,16,21H,7-8,10-11,13,20H2,1H3,(H,22,23);1H. The Morgan fingerprint density at radius 1 is 1.19 bits per heavy atom. The van der Waals surface area contributed by atoms with Gasteiger partial charge >= 0.3 is 0 Å². The van der Waals surface area contributed by atoms with E-state index < -0.39 is 15.6 Å². The number of amides is 1. The molecule has 1 amide bonds. The maximum Gasteiger partial charge on any atom is 0.240 e. The predicted molar refractivity (Wildman–Crippen MR) is 109 cm³/mol. The van der Waals surface area contributed by atoms with Crippen molar-refractivity contribution in [2.45, 2.75) is 36.6 Å². The molecule has 148 valence electrons. The number of hydrogen-bond donors (Lipinski definition) is 3. The number of hydrogen-bond acceptors (Lipinski definition) is 4. The molecule has 8 heteroatoms. The zero-order valence-corrected chi connectivity index (χ0v) is 16.9. The Bertz CT molecular complexity index is 915. The smallest absolute Gasteiger partial charge is 0.240 e. The van der Waals surface area contributed by atoms with Gasteiger partial charge in [-0.15, -0.1) is 12.4 Å². The average molecular weight is 412 g/mol. The minimum Gasteiger partial charge on any atom is -0.349 e. The van der Waals surface area contributed by atoms with Crippen LogP contribution in [0, 0.1) is 5.92 Å². The van der Waals surface area contributed by atoms with Gasteiger partial charge in [0.1, 0.15) is 0 Å². The minimum absolute atomic E-state index is 0. The summed E-state index contributed by atoms with van der Waals surface area (Å²) >= 11 is 0. The third-order valence-corrected chi connectivity index (χ3v) is 6.46. The van der Waals surface area contributed by atoms with E-state index in [0.29, 0.717) is 12.5 Å². The molecule has 1 fully saturated rings. The van der Waals surface area contributed by atoms with Crippen LogP contribution in [0.2, 0.25) is 0 Å². The first-order valence-electron chi connectivity index (χ1n) is 8.84. The molecule has 6 nitrogen and oxygen atoms in total. The van der Waals surface area contributed by atoms with Gasteiger partial charge in [-0.25, -0.2) is 13.1 Å². The summed E-state index contributed by atoms with van der Waals surface area (Å²) in [5.41, 5.74) is 5.39. The van der Waals surface area contributed by atoms with Crippen LogP contribution in [0.15, 0.2) is 47.4 Å². The predicted octanol–water partition coefficient (Wildman–Crippen LogP) is 2.17. The molecule has 0 heterocycles. The Balaban J connectivity index is 0.00000261. The van der Waals surface area contributed by atoms with Crippen molar-refractivity contribution in [1.82, 2.24) is 10.0 Å². The van der Waals surface area contributed by atoms with Crippen molar-refractivity contribution < 1.29 is 13.2 Å². The van der Waals surface area contributed by atoms with Crippen LogP contribution in [0.1, 0.15) is 26.2 Å². The number of nitrogens with one attached hydrogen (secondary N) is 2. The summed E-state index contributed by atoms with van der Waals surface area (Å²) in [6.45, 7) is 2.38. The van der Waals surface area contributed by atoms with Crippen LogP contribution in [0.5, 0.6) is 0 Å². The van der Waals surface area contributed by atoms with Gasteiger partial charge in [0, 0.05) is 19.5 Å². The number of nitrogens with two attached hydrogens (primary N) is 1. The normalized spacial score (nSPS) is 16.4. The highest BCUT2D eigenvalue weighted by Gasteiger charge is 2.41. The topological polar surface area (TPSA) is 101 Å². The molecule has 1 unspecified atom stereocenters. The number of carbonyl (C=O) groups is 1. The molecule has 0 spiro atoms. The van der Waals surface area contributed by atoms with Crippen LogP contribution in [0.3, 0.4) is 0 Å². The summed E-state index contributed by atoms with van der Waals surface area (Å²) in [7, 11) is -3.66. The van der Waals surface area contributed by atoms with E-state index in [2.05, 4.69) is 10.0 Å². The Hall–Kier alpha value is -1.67. The lowest BCUT2D eigenvalue weighted by Gasteiger charge is -2.29. The maximum atomic E-state index is 12.5. The first-order chi connectivity index (χ1) is 12.3. The lowest BCUT2D eigenvalue weighted by atomic mass is 9.96. The average Bonchev–Trinajstić information content (AvgIpc) is 3.46. The van der Waals surface area contributed by atoms with Crippen LogP contribution >= 0.6 is 12.4 Å². The number of benzene rings is 2. The molecule has 2 aromatic rings. The maximum absolute atomic E-state index is 12.5. The Morgan fingerprint density at radius 2 is 1.85 bits per heavy atom. The van der Waals surface area contributed by atoms with E-state index in [-0.39, 0.29) is 36.2 Å². The third kappa shape index (κ3) is 5.19. The van der Waals surface area contributed by atoms with Crippen LogP contribution in [0.4, 0.5) is 0 Å². The zero-order chi connectivity index (χ0) is 18.8. The van der Waals surface area contributed by atoms with Crippen LogP contribution in [0.25, 0.3) is 10.8 Å². The highest BCUT2D eigenvalue weighted by atomic mass is 35.5. The zero-order valence-electron chi connectivity index (χ0n) is 15.3. The van der Waals surface area contributed by atoms with Crippen molar-refractivity contribution in [3.8, 4) is 0 Å². The van der Waals surface area contributed by atoms with Gasteiger partial charge in [0.25, 0.3) is 0 Å². The second-order valence-corrected chi connectivity index (χ2v) is 8.87. The van der Waals surface area contributed by atoms with E-state index >= 15 is 0 Å². The van der Waals surface area contributed by atoms with E-state index in [1.54, 1.807) is 18.2 Å². The summed E-state index contributed by atoms with van der Waals surface area (Å²) in [4.78, 5) is 12.3. The second kappa shape index (κ2) is 8.56. The number of halogens is 1. The van der Waals surface area contributed by atoms with E-state index in [1.807, 2.05) is 31.2 Å². The fourth-order valence-corrected chi connectivity index (χ4v) is 4.20. The number of rotatable bonds is 8. The number of fused-ring (bicyclic) bond motifs is 1. The summed E-state index contributed by atoms with van der Waals surface area (Å²) in [5.74, 6) is 0.233. The van der Waals surface area contributed by atoms with Crippen LogP contribution in [-0.4, -0.2) is 33.0 Å². The van der Waals surface area contributed by atoms with Gasteiger partial charge in [0.2, 0.25) is 15.9 Å². The first-order valence-corrected chi connectivity index (χ1v) is 10.3. The monoisotopic (exact) mass is 411 g/mol. The summed E-state index contributed by atoms with van der Waals surface area (Å²) in [6, 6.07) is 12.6. The quantitative estimate of drug-likeness (QED) is 0.619. The Morgan fingerprint density at radius 3 is 2.48 bits per heavy atom. The molecule has 0 radical (unpaired) electrons. The van der Waals surface area contributed by atoms with Crippen molar-refractivity contribution >= 4 is 39.1 Å². The van der Waals surface area contributed by atoms with E-state index in [0.717, 1.165) is 23.6 Å².